The first-order valence-corrected chi connectivity index (χ1v) is 10.7. The number of hydrogen-bond donors (Lipinski definition) is 1. The van der Waals surface area contributed by atoms with Gasteiger partial charge in [0.2, 0.25) is 11.8 Å². The van der Waals surface area contributed by atoms with Crippen LogP contribution in [0.4, 0.5) is 0 Å². The summed E-state index contributed by atoms with van der Waals surface area (Å²) in [6, 6.07) is 12.4. The van der Waals surface area contributed by atoms with Crippen LogP contribution >= 0.6 is 11.6 Å². The summed E-state index contributed by atoms with van der Waals surface area (Å²) in [5.74, 6) is 0.948. The Morgan fingerprint density at radius 1 is 1.10 bits per heavy atom. The minimum absolute atomic E-state index is 0.0175. The quantitative estimate of drug-likeness (QED) is 0.784. The number of halogens is 1. The van der Waals surface area contributed by atoms with Crippen LogP contribution in [0.25, 0.3) is 0 Å². The third kappa shape index (κ3) is 4.54. The van der Waals surface area contributed by atoms with Gasteiger partial charge in [-0.1, -0.05) is 41.9 Å². The van der Waals surface area contributed by atoms with E-state index in [1.54, 1.807) is 11.0 Å². The van der Waals surface area contributed by atoms with Gasteiger partial charge in [0.1, 0.15) is 6.04 Å². The van der Waals surface area contributed by atoms with Crippen LogP contribution in [-0.4, -0.2) is 36.5 Å². The molecule has 0 aliphatic carbocycles. The zero-order chi connectivity index (χ0) is 20.9. The monoisotopic (exact) mass is 428 g/mol. The molecule has 2 aliphatic rings. The average Bonchev–Trinajstić information content (AvgIpc) is 3.01. The number of nitrogens with zero attached hydrogens (tertiary/aromatic N) is 1. The van der Waals surface area contributed by atoms with Crippen LogP contribution in [0.5, 0.6) is 11.5 Å². The Bertz CT molecular complexity index is 919. The van der Waals surface area contributed by atoms with Crippen molar-refractivity contribution in [3.05, 3.63) is 58.6 Å². The summed E-state index contributed by atoms with van der Waals surface area (Å²) in [6.45, 7) is 1.99. The summed E-state index contributed by atoms with van der Waals surface area (Å²) >= 11 is 6.36. The van der Waals surface area contributed by atoms with Gasteiger partial charge in [-0.3, -0.25) is 9.59 Å². The van der Waals surface area contributed by atoms with Gasteiger partial charge >= 0.3 is 0 Å². The van der Waals surface area contributed by atoms with Crippen molar-refractivity contribution in [2.75, 3.05) is 19.8 Å². The zero-order valence-electron chi connectivity index (χ0n) is 16.7. The van der Waals surface area contributed by atoms with Crippen molar-refractivity contribution in [1.82, 2.24) is 10.2 Å². The molecule has 0 spiro atoms. The molecule has 158 valence electrons. The summed E-state index contributed by atoms with van der Waals surface area (Å²) in [7, 11) is 0. The lowest BCUT2D eigenvalue weighted by molar-refractivity contribution is -0.142. The smallest absolute Gasteiger partial charge is 0.247 e. The lowest BCUT2D eigenvalue weighted by Crippen LogP contribution is -2.45. The Morgan fingerprint density at radius 2 is 1.90 bits per heavy atom. The van der Waals surface area contributed by atoms with Gasteiger partial charge in [-0.15, -0.1) is 0 Å². The molecule has 2 aromatic rings. The predicted octanol–water partition coefficient (Wildman–Crippen LogP) is 3.87. The SMILES string of the molecule is O=C(NCc1cc(Cl)c2c(c1)OCCCO2)C(c1ccccc1)N1CCCCC1=O. The van der Waals surface area contributed by atoms with Gasteiger partial charge in [-0.2, -0.15) is 0 Å². The van der Waals surface area contributed by atoms with E-state index in [0.717, 1.165) is 30.4 Å². The number of hydrogen-bond acceptors (Lipinski definition) is 4. The van der Waals surface area contributed by atoms with Crippen molar-refractivity contribution in [3.8, 4) is 11.5 Å². The molecule has 30 heavy (non-hydrogen) atoms. The van der Waals surface area contributed by atoms with Gasteiger partial charge in [0.05, 0.1) is 18.2 Å². The normalized spacial score (nSPS) is 17.2. The molecule has 2 amide bonds. The Kier molecular flexibility index (Phi) is 6.43. The Hall–Kier alpha value is -2.73. The highest BCUT2D eigenvalue weighted by Gasteiger charge is 2.32. The van der Waals surface area contributed by atoms with E-state index in [4.69, 9.17) is 21.1 Å². The Morgan fingerprint density at radius 3 is 2.70 bits per heavy atom. The van der Waals surface area contributed by atoms with Gasteiger partial charge in [-0.05, 0) is 36.1 Å². The molecule has 0 saturated carbocycles. The van der Waals surface area contributed by atoms with E-state index in [1.165, 1.54) is 0 Å². The molecule has 2 aromatic carbocycles. The number of rotatable bonds is 5. The first-order chi connectivity index (χ1) is 14.6. The van der Waals surface area contributed by atoms with E-state index < -0.39 is 6.04 Å². The summed E-state index contributed by atoms with van der Waals surface area (Å²) in [5, 5.41) is 3.44. The van der Waals surface area contributed by atoms with Crippen molar-refractivity contribution in [2.24, 2.45) is 0 Å². The van der Waals surface area contributed by atoms with Crippen LogP contribution in [-0.2, 0) is 16.1 Å². The number of nitrogens with one attached hydrogen (secondary N) is 1. The molecular formula is C23H25ClN2O4. The second-order valence-corrected chi connectivity index (χ2v) is 7.94. The maximum Gasteiger partial charge on any atom is 0.247 e. The van der Waals surface area contributed by atoms with E-state index in [2.05, 4.69) is 5.32 Å². The zero-order valence-corrected chi connectivity index (χ0v) is 17.5. The first-order valence-electron chi connectivity index (χ1n) is 10.3. The molecule has 6 nitrogen and oxygen atoms in total. The number of piperidine rings is 1. The minimum Gasteiger partial charge on any atom is -0.489 e. The van der Waals surface area contributed by atoms with Crippen molar-refractivity contribution >= 4 is 23.4 Å². The molecule has 7 heteroatoms. The summed E-state index contributed by atoms with van der Waals surface area (Å²) < 4.78 is 11.4. The van der Waals surface area contributed by atoms with E-state index in [9.17, 15) is 9.59 Å². The van der Waals surface area contributed by atoms with Gasteiger partial charge < -0.3 is 19.7 Å². The van der Waals surface area contributed by atoms with Crippen LogP contribution < -0.4 is 14.8 Å². The van der Waals surface area contributed by atoms with Crippen LogP contribution in [0.1, 0.15) is 42.9 Å². The van der Waals surface area contributed by atoms with E-state index >= 15 is 0 Å². The van der Waals surface area contributed by atoms with Crippen molar-refractivity contribution < 1.29 is 19.1 Å². The molecule has 1 atom stereocenters. The van der Waals surface area contributed by atoms with Crippen LogP contribution in [0.2, 0.25) is 5.02 Å². The number of amides is 2. The molecule has 1 unspecified atom stereocenters. The highest BCUT2D eigenvalue weighted by Crippen LogP contribution is 2.38. The standard InChI is InChI=1S/C23H25ClN2O4/c24-18-13-16(14-19-22(18)30-12-6-11-29-19)15-25-23(28)21(17-7-2-1-3-8-17)26-10-5-4-9-20(26)27/h1-3,7-8,13-14,21H,4-6,9-12,15H2,(H,25,28). The third-order valence-corrected chi connectivity index (χ3v) is 5.64. The second kappa shape index (κ2) is 9.39. The fourth-order valence-corrected chi connectivity index (χ4v) is 4.17. The second-order valence-electron chi connectivity index (χ2n) is 7.53. The number of carbonyl (C=O) groups excluding carboxylic acids is 2. The Labute approximate surface area is 181 Å². The Balaban J connectivity index is 1.52. The summed E-state index contributed by atoms with van der Waals surface area (Å²) in [5.41, 5.74) is 1.62. The van der Waals surface area contributed by atoms with Gasteiger partial charge in [0, 0.05) is 25.9 Å². The largest absolute Gasteiger partial charge is 0.489 e. The van der Waals surface area contributed by atoms with Crippen LogP contribution in [0, 0.1) is 0 Å². The average molecular weight is 429 g/mol. The van der Waals surface area contributed by atoms with Crippen molar-refractivity contribution in [3.63, 3.8) is 0 Å². The van der Waals surface area contributed by atoms with Crippen LogP contribution in [0.3, 0.4) is 0 Å². The molecule has 1 fully saturated rings. The molecule has 1 N–H and O–H groups in total. The number of fused-ring (bicyclic) bond motifs is 1. The van der Waals surface area contributed by atoms with Crippen molar-refractivity contribution in [2.45, 2.75) is 38.3 Å². The van der Waals surface area contributed by atoms with E-state index in [-0.39, 0.29) is 18.4 Å². The third-order valence-electron chi connectivity index (χ3n) is 5.36. The maximum absolute atomic E-state index is 13.2. The highest BCUT2D eigenvalue weighted by atomic mass is 35.5. The highest BCUT2D eigenvalue weighted by molar-refractivity contribution is 6.32. The fourth-order valence-electron chi connectivity index (χ4n) is 3.88. The lowest BCUT2D eigenvalue weighted by Gasteiger charge is -2.34. The molecule has 4 rings (SSSR count). The minimum atomic E-state index is -0.644. The summed E-state index contributed by atoms with van der Waals surface area (Å²) in [6.07, 6.45) is 3.04. The molecule has 1 saturated heterocycles. The molecule has 0 aromatic heterocycles. The predicted molar refractivity (Wildman–Crippen MR) is 114 cm³/mol. The first kappa shape index (κ1) is 20.5. The fraction of sp³-hybridized carbons (Fsp3) is 0.391. The molecule has 2 heterocycles. The summed E-state index contributed by atoms with van der Waals surface area (Å²) in [4.78, 5) is 27.4. The van der Waals surface area contributed by atoms with Crippen molar-refractivity contribution in [1.29, 1.82) is 0 Å². The van der Waals surface area contributed by atoms with Gasteiger partial charge in [-0.25, -0.2) is 0 Å². The maximum atomic E-state index is 13.2. The molecule has 2 aliphatic heterocycles. The van der Waals surface area contributed by atoms with Gasteiger partial charge in [0.15, 0.2) is 11.5 Å². The number of ether oxygens (including phenoxy) is 2. The number of carbonyl (C=O) groups is 2. The molecule has 0 bridgehead atoms. The topological polar surface area (TPSA) is 67.9 Å². The molecule has 0 radical (unpaired) electrons. The van der Waals surface area contributed by atoms with Crippen LogP contribution in [0.15, 0.2) is 42.5 Å². The van der Waals surface area contributed by atoms with E-state index in [1.807, 2.05) is 36.4 Å². The number of benzene rings is 2. The lowest BCUT2D eigenvalue weighted by atomic mass is 10.0. The van der Waals surface area contributed by atoms with E-state index in [0.29, 0.717) is 42.7 Å². The number of likely N-dealkylation sites (tertiary alicyclic amines) is 1. The molecular weight excluding hydrogens is 404 g/mol. The van der Waals surface area contributed by atoms with Gasteiger partial charge in [0.25, 0.3) is 0 Å².